The number of aromatic nitrogens is 5. The van der Waals surface area contributed by atoms with E-state index in [-0.39, 0.29) is 47.1 Å². The number of rotatable bonds is 5. The van der Waals surface area contributed by atoms with Crippen LogP contribution in [0.4, 0.5) is 5.82 Å². The SMILES string of the molecule is CNC(=O)[C@H]1O[C@@H](n2cnc3c(N)nc(C#CCN(C(=O)c4cnco4)C4CCC4)nc32)C(O)[C@@H]1O. The maximum absolute atomic E-state index is 12.8. The second-order valence-electron chi connectivity index (χ2n) is 8.48. The monoisotopic (exact) mass is 496 g/mol. The molecule has 5 N–H and O–H groups in total. The minimum absolute atomic E-state index is 0.0486. The number of hydrogen-bond acceptors (Lipinski definition) is 11. The maximum Gasteiger partial charge on any atom is 0.292 e. The number of nitrogens with two attached hydrogens (primary N) is 1. The average molecular weight is 496 g/mol. The highest BCUT2D eigenvalue weighted by molar-refractivity contribution is 5.91. The molecule has 1 saturated carbocycles. The summed E-state index contributed by atoms with van der Waals surface area (Å²) in [6, 6.07) is 0.0625. The number of aliphatic hydroxyl groups excluding tert-OH is 2. The summed E-state index contributed by atoms with van der Waals surface area (Å²) in [7, 11) is 1.40. The lowest BCUT2D eigenvalue weighted by atomic mass is 9.91. The van der Waals surface area contributed by atoms with Gasteiger partial charge in [-0.25, -0.2) is 19.9 Å². The first-order valence-electron chi connectivity index (χ1n) is 11.3. The molecule has 36 heavy (non-hydrogen) atoms. The van der Waals surface area contributed by atoms with Crippen LogP contribution in [0.15, 0.2) is 23.3 Å². The first-order chi connectivity index (χ1) is 17.4. The smallest absolute Gasteiger partial charge is 0.292 e. The van der Waals surface area contributed by atoms with Crippen molar-refractivity contribution in [2.75, 3.05) is 19.3 Å². The normalized spacial score (nSPS) is 23.6. The van der Waals surface area contributed by atoms with Crippen molar-refractivity contribution < 1.29 is 29.0 Å². The Bertz CT molecular complexity index is 1340. The molecule has 0 aromatic carbocycles. The predicted octanol–water partition coefficient (Wildman–Crippen LogP) is -1.19. The number of nitrogens with one attached hydrogen (secondary N) is 1. The van der Waals surface area contributed by atoms with Crippen molar-refractivity contribution in [3.8, 4) is 11.8 Å². The third-order valence-corrected chi connectivity index (χ3v) is 6.33. The fourth-order valence-corrected chi connectivity index (χ4v) is 4.16. The molecule has 4 atom stereocenters. The zero-order chi connectivity index (χ0) is 25.4. The summed E-state index contributed by atoms with van der Waals surface area (Å²) in [6.07, 6.45) is 1.39. The van der Waals surface area contributed by atoms with Gasteiger partial charge in [0.25, 0.3) is 11.8 Å². The molecule has 0 spiro atoms. The zero-order valence-corrected chi connectivity index (χ0v) is 19.2. The summed E-state index contributed by atoms with van der Waals surface area (Å²) >= 11 is 0. The van der Waals surface area contributed by atoms with Crippen LogP contribution in [0.25, 0.3) is 11.2 Å². The van der Waals surface area contributed by atoms with E-state index in [9.17, 15) is 19.8 Å². The second kappa shape index (κ2) is 9.53. The number of nitrogens with zero attached hydrogens (tertiary/aromatic N) is 6. The molecule has 3 aromatic rings. The molecule has 3 aromatic heterocycles. The number of carbonyl (C=O) groups excluding carboxylic acids is 2. The third-order valence-electron chi connectivity index (χ3n) is 6.33. The third kappa shape index (κ3) is 4.13. The Morgan fingerprint density at radius 2 is 2.11 bits per heavy atom. The number of oxazole rings is 1. The number of imidazole rings is 1. The molecule has 2 aliphatic rings. The van der Waals surface area contributed by atoms with Crippen molar-refractivity contribution in [2.24, 2.45) is 0 Å². The van der Waals surface area contributed by atoms with Crippen LogP contribution in [0.2, 0.25) is 0 Å². The van der Waals surface area contributed by atoms with Crippen LogP contribution in [0, 0.1) is 11.8 Å². The number of likely N-dealkylation sites (N-methyl/N-ethyl adjacent to an activating group) is 1. The Morgan fingerprint density at radius 1 is 1.31 bits per heavy atom. The van der Waals surface area contributed by atoms with Crippen molar-refractivity contribution >= 4 is 28.8 Å². The largest absolute Gasteiger partial charge is 0.438 e. The standard InChI is InChI=1S/C22H24N8O6/c1-24-20(33)17-15(31)16(32)22(36-17)30-9-26-14-18(23)27-13(28-19(14)30)6-3-7-29(11-4-2-5-11)21(34)12-8-25-10-35-12/h8-11,15-17,22,31-32H,2,4-5,7H2,1H3,(H,24,33)(H2,23,27,28)/t15-,16?,17-,22+/m0/s1. The van der Waals surface area contributed by atoms with E-state index in [1.807, 2.05) is 0 Å². The summed E-state index contributed by atoms with van der Waals surface area (Å²) in [6.45, 7) is 0.120. The van der Waals surface area contributed by atoms with E-state index in [1.54, 1.807) is 4.90 Å². The highest BCUT2D eigenvalue weighted by Crippen LogP contribution is 2.32. The number of ether oxygens (including phenoxy) is 1. The quantitative estimate of drug-likeness (QED) is 0.310. The van der Waals surface area contributed by atoms with Crippen molar-refractivity contribution in [2.45, 2.75) is 49.8 Å². The fourth-order valence-electron chi connectivity index (χ4n) is 4.16. The summed E-state index contributed by atoms with van der Waals surface area (Å²) in [5.74, 6) is 5.13. The van der Waals surface area contributed by atoms with E-state index in [0.717, 1.165) is 19.3 Å². The van der Waals surface area contributed by atoms with Gasteiger partial charge in [0.1, 0.15) is 17.7 Å². The van der Waals surface area contributed by atoms with E-state index in [4.69, 9.17) is 14.9 Å². The minimum atomic E-state index is -1.45. The van der Waals surface area contributed by atoms with Gasteiger partial charge in [0.15, 0.2) is 30.2 Å². The molecule has 4 heterocycles. The van der Waals surface area contributed by atoms with Gasteiger partial charge >= 0.3 is 0 Å². The van der Waals surface area contributed by atoms with Gasteiger partial charge in [-0.15, -0.1) is 0 Å². The van der Waals surface area contributed by atoms with Crippen molar-refractivity contribution in [3.05, 3.63) is 30.5 Å². The van der Waals surface area contributed by atoms with E-state index >= 15 is 0 Å². The molecule has 14 heteroatoms. The van der Waals surface area contributed by atoms with Gasteiger partial charge in [-0.3, -0.25) is 14.2 Å². The van der Waals surface area contributed by atoms with E-state index in [2.05, 4.69) is 37.1 Å². The highest BCUT2D eigenvalue weighted by Gasteiger charge is 2.47. The number of nitrogen functional groups attached to an aromatic ring is 1. The summed E-state index contributed by atoms with van der Waals surface area (Å²) in [4.78, 5) is 43.0. The molecule has 0 bridgehead atoms. The van der Waals surface area contributed by atoms with Gasteiger partial charge in [0.2, 0.25) is 11.6 Å². The molecule has 14 nitrogen and oxygen atoms in total. The summed E-state index contributed by atoms with van der Waals surface area (Å²) in [5.41, 5.74) is 6.50. The van der Waals surface area contributed by atoms with Gasteiger partial charge in [-0.05, 0) is 25.2 Å². The maximum atomic E-state index is 12.8. The Hall–Kier alpha value is -4.06. The molecule has 188 valence electrons. The Morgan fingerprint density at radius 3 is 2.78 bits per heavy atom. The Kier molecular flexibility index (Phi) is 6.27. The van der Waals surface area contributed by atoms with Gasteiger partial charge in [-0.1, -0.05) is 5.92 Å². The Labute approximate surface area is 204 Å². The molecular weight excluding hydrogens is 472 g/mol. The number of amides is 2. The van der Waals surface area contributed by atoms with Gasteiger partial charge in [0, 0.05) is 13.1 Å². The number of anilines is 1. The van der Waals surface area contributed by atoms with Crippen LogP contribution in [-0.4, -0.2) is 89.4 Å². The molecule has 2 fully saturated rings. The van der Waals surface area contributed by atoms with Gasteiger partial charge < -0.3 is 35.3 Å². The Balaban J connectivity index is 1.41. The fraction of sp³-hybridized carbons (Fsp3) is 0.455. The lowest BCUT2D eigenvalue weighted by molar-refractivity contribution is -0.137. The molecular formula is C22H24N8O6. The number of hydrogen-bond donors (Lipinski definition) is 4. The molecule has 1 unspecified atom stereocenters. The van der Waals surface area contributed by atoms with E-state index in [1.165, 1.54) is 30.5 Å². The van der Waals surface area contributed by atoms with Crippen LogP contribution < -0.4 is 11.1 Å². The van der Waals surface area contributed by atoms with Crippen LogP contribution in [0.1, 0.15) is 41.9 Å². The van der Waals surface area contributed by atoms with E-state index < -0.39 is 30.4 Å². The highest BCUT2D eigenvalue weighted by atomic mass is 16.6. The zero-order valence-electron chi connectivity index (χ0n) is 19.2. The second-order valence-corrected chi connectivity index (χ2v) is 8.48. The summed E-state index contributed by atoms with van der Waals surface area (Å²) in [5, 5.41) is 23.2. The number of fused-ring (bicyclic) bond motifs is 1. The first kappa shape index (κ1) is 23.7. The van der Waals surface area contributed by atoms with Gasteiger partial charge in [0.05, 0.1) is 19.1 Å². The van der Waals surface area contributed by atoms with Crippen LogP contribution in [-0.2, 0) is 9.53 Å². The number of aliphatic hydroxyl groups is 2. The molecule has 1 aliphatic carbocycles. The van der Waals surface area contributed by atoms with E-state index in [0.29, 0.717) is 0 Å². The number of carbonyl (C=O) groups is 2. The molecule has 1 saturated heterocycles. The van der Waals surface area contributed by atoms with Crippen molar-refractivity contribution in [1.82, 2.24) is 34.7 Å². The van der Waals surface area contributed by atoms with Crippen LogP contribution >= 0.6 is 0 Å². The summed E-state index contributed by atoms with van der Waals surface area (Å²) < 4.78 is 12.1. The molecule has 1 aliphatic heterocycles. The van der Waals surface area contributed by atoms with Crippen molar-refractivity contribution in [3.63, 3.8) is 0 Å². The molecule has 2 amide bonds. The lowest BCUT2D eigenvalue weighted by Gasteiger charge is -2.35. The van der Waals surface area contributed by atoms with Crippen LogP contribution in [0.3, 0.4) is 0 Å². The lowest BCUT2D eigenvalue weighted by Crippen LogP contribution is -2.44. The van der Waals surface area contributed by atoms with Crippen LogP contribution in [0.5, 0.6) is 0 Å². The first-order valence-corrected chi connectivity index (χ1v) is 11.3. The predicted molar refractivity (Wildman–Crippen MR) is 122 cm³/mol. The topological polar surface area (TPSA) is 195 Å². The average Bonchev–Trinajstić information content (AvgIpc) is 3.57. The van der Waals surface area contributed by atoms with Crippen molar-refractivity contribution in [1.29, 1.82) is 0 Å². The van der Waals surface area contributed by atoms with Gasteiger partial charge in [-0.2, -0.15) is 0 Å². The minimum Gasteiger partial charge on any atom is -0.438 e. The molecule has 0 radical (unpaired) electrons. The molecule has 5 rings (SSSR count).